The summed E-state index contributed by atoms with van der Waals surface area (Å²) in [5.41, 5.74) is 1.68. The fourth-order valence-corrected chi connectivity index (χ4v) is 4.70. The third kappa shape index (κ3) is 6.32. The third-order valence-electron chi connectivity index (χ3n) is 6.71. The maximum absolute atomic E-state index is 12.9. The molecule has 0 saturated heterocycles. The zero-order chi connectivity index (χ0) is 28.1. The Balaban J connectivity index is 1.03. The van der Waals surface area contributed by atoms with Crippen LogP contribution in [0.15, 0.2) is 60.9 Å². The second-order valence-corrected chi connectivity index (χ2v) is 9.57. The molecule has 208 valence electrons. The molecule has 0 radical (unpaired) electrons. The van der Waals surface area contributed by atoms with E-state index in [1.165, 1.54) is 12.1 Å². The number of pyridine rings is 2. The second kappa shape index (κ2) is 11.9. The number of hydrogen-bond donors (Lipinski definition) is 5. The van der Waals surface area contributed by atoms with Crippen LogP contribution in [0.5, 0.6) is 0 Å². The molecule has 3 heterocycles. The summed E-state index contributed by atoms with van der Waals surface area (Å²) in [6, 6.07) is 12.3. The fraction of sp³-hybridized carbons (Fsp3) is 0.276. The Morgan fingerprint density at radius 2 is 1.73 bits per heavy atom. The molecule has 0 amide bonds. The Bertz CT molecular complexity index is 1650. The van der Waals surface area contributed by atoms with Gasteiger partial charge in [0.1, 0.15) is 5.82 Å². The van der Waals surface area contributed by atoms with Crippen LogP contribution in [0.2, 0.25) is 0 Å². The number of hydrogen-bond acceptors (Lipinski definition) is 6. The van der Waals surface area contributed by atoms with Crippen LogP contribution in [-0.4, -0.2) is 52.2 Å². The van der Waals surface area contributed by atoms with Gasteiger partial charge in [0.2, 0.25) is 0 Å². The van der Waals surface area contributed by atoms with Crippen molar-refractivity contribution in [3.05, 3.63) is 77.7 Å². The average molecular weight is 551 g/mol. The highest BCUT2D eigenvalue weighted by Crippen LogP contribution is 2.32. The van der Waals surface area contributed by atoms with Gasteiger partial charge >= 0.3 is 12.1 Å². The molecule has 3 aromatic heterocycles. The number of unbranched alkanes of at least 4 members (excludes halogenated alkanes) is 1. The number of carboxylic acid groups (broad SMARTS) is 1. The summed E-state index contributed by atoms with van der Waals surface area (Å²) in [5, 5.41) is 22.7. The quantitative estimate of drug-likeness (QED) is 0.102. The molecule has 0 aliphatic rings. The number of aromatic nitrogens is 3. The lowest BCUT2D eigenvalue weighted by atomic mass is 10.1. The topological polar surface area (TPSA) is 115 Å². The third-order valence-corrected chi connectivity index (χ3v) is 6.71. The van der Waals surface area contributed by atoms with Gasteiger partial charge in [-0.2, -0.15) is 13.2 Å². The second-order valence-electron chi connectivity index (χ2n) is 9.57. The van der Waals surface area contributed by atoms with Gasteiger partial charge in [0.15, 0.2) is 0 Å². The number of carboxylic acids is 1. The van der Waals surface area contributed by atoms with Crippen LogP contribution in [0, 0.1) is 0 Å². The largest absolute Gasteiger partial charge is 0.478 e. The molecule has 0 fully saturated rings. The zero-order valence-corrected chi connectivity index (χ0v) is 21.6. The van der Waals surface area contributed by atoms with Gasteiger partial charge in [-0.1, -0.05) is 6.07 Å². The van der Waals surface area contributed by atoms with Crippen LogP contribution in [0.4, 0.5) is 19.0 Å². The van der Waals surface area contributed by atoms with Gasteiger partial charge in [-0.05, 0) is 68.4 Å². The fourth-order valence-electron chi connectivity index (χ4n) is 4.70. The SMILES string of the molecule is O=C(O)c1ccc2c(c1)nc(NCCNCCCCNCc1cc3cc(C(F)(F)F)ccc3[nH]1)c1ccncc12. The van der Waals surface area contributed by atoms with Crippen LogP contribution in [-0.2, 0) is 12.7 Å². The van der Waals surface area contributed by atoms with Crippen molar-refractivity contribution in [2.75, 3.05) is 31.5 Å². The van der Waals surface area contributed by atoms with Gasteiger partial charge in [-0.3, -0.25) is 4.98 Å². The van der Waals surface area contributed by atoms with E-state index in [-0.39, 0.29) is 5.56 Å². The highest BCUT2D eigenvalue weighted by Gasteiger charge is 2.30. The number of aromatic carboxylic acids is 1. The first kappa shape index (κ1) is 27.4. The van der Waals surface area contributed by atoms with E-state index in [0.717, 1.165) is 60.4 Å². The molecule has 5 rings (SSSR count). The number of carbonyl (C=O) groups is 1. The van der Waals surface area contributed by atoms with Gasteiger partial charge in [0.05, 0.1) is 16.6 Å². The summed E-state index contributed by atoms with van der Waals surface area (Å²) >= 11 is 0. The predicted molar refractivity (Wildman–Crippen MR) is 150 cm³/mol. The molecule has 40 heavy (non-hydrogen) atoms. The van der Waals surface area contributed by atoms with E-state index < -0.39 is 17.7 Å². The maximum atomic E-state index is 12.9. The van der Waals surface area contributed by atoms with E-state index in [0.29, 0.717) is 35.3 Å². The van der Waals surface area contributed by atoms with Crippen LogP contribution in [0.3, 0.4) is 0 Å². The number of nitrogens with zero attached hydrogens (tertiary/aromatic N) is 2. The van der Waals surface area contributed by atoms with Gasteiger partial charge in [0, 0.05) is 64.8 Å². The van der Waals surface area contributed by atoms with Crippen molar-refractivity contribution in [3.8, 4) is 0 Å². The highest BCUT2D eigenvalue weighted by atomic mass is 19.4. The Morgan fingerprint density at radius 3 is 2.52 bits per heavy atom. The first-order valence-corrected chi connectivity index (χ1v) is 13.0. The summed E-state index contributed by atoms with van der Waals surface area (Å²) < 4.78 is 38.7. The minimum Gasteiger partial charge on any atom is -0.478 e. The summed E-state index contributed by atoms with van der Waals surface area (Å²) in [7, 11) is 0. The molecular weight excluding hydrogens is 521 g/mol. The molecule has 0 aliphatic carbocycles. The van der Waals surface area contributed by atoms with E-state index in [9.17, 15) is 23.1 Å². The lowest BCUT2D eigenvalue weighted by Gasteiger charge is -2.12. The molecular formula is C29H29F3N6O2. The molecule has 5 N–H and O–H groups in total. The molecule has 0 aliphatic heterocycles. The molecule has 0 spiro atoms. The van der Waals surface area contributed by atoms with Crippen molar-refractivity contribution in [2.24, 2.45) is 0 Å². The zero-order valence-electron chi connectivity index (χ0n) is 21.6. The van der Waals surface area contributed by atoms with Crippen molar-refractivity contribution < 1.29 is 23.1 Å². The highest BCUT2D eigenvalue weighted by molar-refractivity contribution is 6.10. The number of benzene rings is 2. The number of H-pyrrole nitrogens is 1. The summed E-state index contributed by atoms with van der Waals surface area (Å²) in [4.78, 5) is 23.4. The van der Waals surface area contributed by atoms with Gasteiger partial charge in [0.25, 0.3) is 0 Å². The van der Waals surface area contributed by atoms with Gasteiger partial charge in [-0.25, -0.2) is 9.78 Å². The summed E-state index contributed by atoms with van der Waals surface area (Å²) in [6.45, 7) is 3.56. The van der Waals surface area contributed by atoms with Crippen molar-refractivity contribution in [2.45, 2.75) is 25.6 Å². The molecule has 0 saturated carbocycles. The maximum Gasteiger partial charge on any atom is 0.416 e. The standard InChI is InChI=1S/C29H29F3N6O2/c30-29(31,32)20-4-6-25-19(13-20)14-21(37-25)16-34-9-2-1-8-33-11-12-36-27-23-7-10-35-17-24(23)22-5-3-18(28(39)40)15-26(22)38-27/h3-7,10,13-15,17,33-34,37H,1-2,8-9,11-12,16H2,(H,36,38)(H,39,40). The van der Waals surface area contributed by atoms with E-state index in [1.807, 2.05) is 6.07 Å². The molecule has 2 aromatic carbocycles. The molecule has 8 nitrogen and oxygen atoms in total. The normalized spacial score (nSPS) is 12.0. The van der Waals surface area contributed by atoms with Gasteiger partial charge in [-0.15, -0.1) is 0 Å². The van der Waals surface area contributed by atoms with E-state index in [1.54, 1.807) is 36.7 Å². The van der Waals surface area contributed by atoms with Gasteiger partial charge < -0.3 is 26.0 Å². The van der Waals surface area contributed by atoms with Crippen LogP contribution in [0.1, 0.15) is 34.5 Å². The van der Waals surface area contributed by atoms with E-state index in [4.69, 9.17) is 0 Å². The Labute approximate surface area is 228 Å². The first-order chi connectivity index (χ1) is 19.3. The number of halogens is 3. The summed E-state index contributed by atoms with van der Waals surface area (Å²) in [5.74, 6) is -0.310. The number of fused-ring (bicyclic) bond motifs is 4. The lowest BCUT2D eigenvalue weighted by Crippen LogP contribution is -2.24. The van der Waals surface area contributed by atoms with E-state index in [2.05, 4.69) is 30.9 Å². The Hall–Kier alpha value is -4.22. The molecule has 5 aromatic rings. The van der Waals surface area contributed by atoms with E-state index >= 15 is 0 Å². The number of aromatic amines is 1. The number of rotatable bonds is 12. The average Bonchev–Trinajstić information content (AvgIpc) is 3.35. The Kier molecular flexibility index (Phi) is 8.13. The first-order valence-electron chi connectivity index (χ1n) is 13.0. The lowest BCUT2D eigenvalue weighted by molar-refractivity contribution is -0.137. The van der Waals surface area contributed by atoms with Crippen molar-refractivity contribution >= 4 is 44.4 Å². The van der Waals surface area contributed by atoms with Crippen LogP contribution >= 0.6 is 0 Å². The van der Waals surface area contributed by atoms with Crippen molar-refractivity contribution in [1.82, 2.24) is 25.6 Å². The molecule has 11 heteroatoms. The van der Waals surface area contributed by atoms with Crippen LogP contribution in [0.25, 0.3) is 32.6 Å². The van der Waals surface area contributed by atoms with Crippen LogP contribution < -0.4 is 16.0 Å². The molecule has 0 atom stereocenters. The minimum atomic E-state index is -4.35. The smallest absolute Gasteiger partial charge is 0.416 e. The monoisotopic (exact) mass is 550 g/mol. The van der Waals surface area contributed by atoms with Crippen molar-refractivity contribution in [3.63, 3.8) is 0 Å². The number of nitrogens with one attached hydrogen (secondary N) is 4. The molecule has 0 unspecified atom stereocenters. The number of anilines is 1. The predicted octanol–water partition coefficient (Wildman–Crippen LogP) is 5.55. The summed E-state index contributed by atoms with van der Waals surface area (Å²) in [6.07, 6.45) is 1.05. The van der Waals surface area contributed by atoms with Crippen molar-refractivity contribution in [1.29, 1.82) is 0 Å². The Morgan fingerprint density at radius 1 is 0.900 bits per heavy atom. The molecule has 0 bridgehead atoms. The minimum absolute atomic E-state index is 0.186. The number of alkyl halides is 3.